The number of hydrogen-bond acceptors (Lipinski definition) is 3. The number of hydrogen-bond donors (Lipinski definition) is 0. The van der Waals surface area contributed by atoms with Crippen LogP contribution in [0.2, 0.25) is 0 Å². The van der Waals surface area contributed by atoms with Gasteiger partial charge < -0.3 is 0 Å². The minimum atomic E-state index is 0.289. The molecule has 1 aromatic carbocycles. The van der Waals surface area contributed by atoms with Crippen molar-refractivity contribution in [3.05, 3.63) is 35.9 Å². The average Bonchev–Trinajstić information content (AvgIpc) is 2.89. The van der Waals surface area contributed by atoms with Crippen molar-refractivity contribution in [2.75, 3.05) is 19.6 Å². The van der Waals surface area contributed by atoms with Crippen LogP contribution in [0.25, 0.3) is 0 Å². The molecule has 0 aromatic heterocycles. The van der Waals surface area contributed by atoms with Crippen molar-refractivity contribution in [3.8, 4) is 0 Å². The minimum Gasteiger partial charge on any atom is -0.299 e. The lowest BCUT2D eigenvalue weighted by atomic mass is 10.2. The number of fused-ring (bicyclic) bond motifs is 2. The average molecular weight is 244 g/mol. The molecule has 3 rings (SSSR count). The topological polar surface area (TPSA) is 23.6 Å². The van der Waals surface area contributed by atoms with Crippen molar-refractivity contribution in [2.45, 2.75) is 32.0 Å². The summed E-state index contributed by atoms with van der Waals surface area (Å²) in [6.45, 7) is 5.56. The van der Waals surface area contributed by atoms with Crippen LogP contribution in [0, 0.1) is 0 Å². The smallest absolute Gasteiger partial charge is 0.143 e. The van der Waals surface area contributed by atoms with Crippen LogP contribution in [0.3, 0.4) is 0 Å². The summed E-state index contributed by atoms with van der Waals surface area (Å²) in [5.74, 6) is 0.289. The van der Waals surface area contributed by atoms with Crippen LogP contribution in [-0.2, 0) is 11.3 Å². The number of likely N-dealkylation sites (tertiary alicyclic amines) is 2. The molecule has 2 aliphatic rings. The molecule has 0 aliphatic carbocycles. The van der Waals surface area contributed by atoms with Crippen molar-refractivity contribution in [2.24, 2.45) is 0 Å². The number of carbonyl (C=O) groups excluding carboxylic acids is 1. The van der Waals surface area contributed by atoms with Crippen LogP contribution in [0.5, 0.6) is 0 Å². The van der Waals surface area contributed by atoms with E-state index in [1.807, 2.05) is 0 Å². The van der Waals surface area contributed by atoms with Gasteiger partial charge in [0.05, 0.1) is 6.54 Å². The summed E-state index contributed by atoms with van der Waals surface area (Å²) in [6.07, 6.45) is 1.24. The molecule has 0 amide bonds. The Bertz CT molecular complexity index is 431. The number of Topliss-reactive ketones (excluding diaryl/α,β-unsaturated/α-hetero) is 1. The largest absolute Gasteiger partial charge is 0.299 e. The number of carbonyl (C=O) groups is 1. The van der Waals surface area contributed by atoms with Crippen LogP contribution in [0.15, 0.2) is 30.3 Å². The maximum absolute atomic E-state index is 11.2. The van der Waals surface area contributed by atoms with E-state index in [1.165, 1.54) is 12.0 Å². The lowest BCUT2D eigenvalue weighted by Gasteiger charge is -2.33. The Labute approximate surface area is 108 Å². The number of rotatable bonds is 4. The van der Waals surface area contributed by atoms with Crippen molar-refractivity contribution < 1.29 is 4.79 Å². The second kappa shape index (κ2) is 4.82. The fourth-order valence-electron chi connectivity index (χ4n) is 3.32. The van der Waals surface area contributed by atoms with Gasteiger partial charge in [-0.3, -0.25) is 14.6 Å². The molecule has 2 unspecified atom stereocenters. The molecule has 1 aromatic rings. The molecule has 0 radical (unpaired) electrons. The van der Waals surface area contributed by atoms with Crippen LogP contribution < -0.4 is 0 Å². The summed E-state index contributed by atoms with van der Waals surface area (Å²) in [7, 11) is 0. The van der Waals surface area contributed by atoms with Gasteiger partial charge in [-0.2, -0.15) is 0 Å². The molecule has 18 heavy (non-hydrogen) atoms. The Morgan fingerprint density at radius 3 is 2.44 bits per heavy atom. The molecule has 3 heteroatoms. The molecule has 2 heterocycles. The van der Waals surface area contributed by atoms with Gasteiger partial charge in [-0.25, -0.2) is 0 Å². The Hall–Kier alpha value is -1.19. The Morgan fingerprint density at radius 1 is 1.17 bits per heavy atom. The molecule has 3 nitrogen and oxygen atoms in total. The number of benzene rings is 1. The number of nitrogens with zero attached hydrogens (tertiary/aromatic N) is 2. The third kappa shape index (κ3) is 2.33. The van der Waals surface area contributed by atoms with E-state index in [2.05, 4.69) is 40.1 Å². The molecule has 2 fully saturated rings. The van der Waals surface area contributed by atoms with Gasteiger partial charge in [-0.05, 0) is 18.9 Å². The standard InChI is InChI=1S/C15H20N2O/c1-12(18)8-16-10-15-7-14(16)11-17(15)9-13-5-3-2-4-6-13/h2-6,14-15H,7-11H2,1H3. The minimum absolute atomic E-state index is 0.289. The molecule has 2 atom stereocenters. The van der Waals surface area contributed by atoms with Crippen LogP contribution in [-0.4, -0.2) is 47.3 Å². The van der Waals surface area contributed by atoms with Gasteiger partial charge in [-0.15, -0.1) is 0 Å². The zero-order valence-electron chi connectivity index (χ0n) is 10.9. The number of ketones is 1. The molecule has 0 saturated carbocycles. The van der Waals surface area contributed by atoms with E-state index in [9.17, 15) is 4.79 Å². The monoisotopic (exact) mass is 244 g/mol. The molecule has 0 spiro atoms. The lowest BCUT2D eigenvalue weighted by Crippen LogP contribution is -2.47. The Kier molecular flexibility index (Phi) is 3.18. The molecule has 2 bridgehead atoms. The van der Waals surface area contributed by atoms with Gasteiger partial charge in [0, 0.05) is 31.7 Å². The van der Waals surface area contributed by atoms with E-state index < -0.39 is 0 Å². The van der Waals surface area contributed by atoms with E-state index in [1.54, 1.807) is 6.92 Å². The quantitative estimate of drug-likeness (QED) is 0.802. The SMILES string of the molecule is CC(=O)CN1CC2CC1CN2Cc1ccccc1. The van der Waals surface area contributed by atoms with Gasteiger partial charge in [0.25, 0.3) is 0 Å². The number of piperazine rings is 1. The second-order valence-electron chi connectivity index (χ2n) is 5.59. The van der Waals surface area contributed by atoms with E-state index in [4.69, 9.17) is 0 Å². The summed E-state index contributed by atoms with van der Waals surface area (Å²) in [5.41, 5.74) is 1.39. The van der Waals surface area contributed by atoms with Crippen LogP contribution in [0.1, 0.15) is 18.9 Å². The van der Waals surface area contributed by atoms with E-state index in [0.29, 0.717) is 18.6 Å². The van der Waals surface area contributed by atoms with Crippen molar-refractivity contribution in [3.63, 3.8) is 0 Å². The zero-order chi connectivity index (χ0) is 12.5. The Balaban J connectivity index is 1.59. The van der Waals surface area contributed by atoms with Crippen LogP contribution in [0.4, 0.5) is 0 Å². The second-order valence-corrected chi connectivity index (χ2v) is 5.59. The highest BCUT2D eigenvalue weighted by atomic mass is 16.1. The van der Waals surface area contributed by atoms with E-state index in [0.717, 1.165) is 19.6 Å². The summed E-state index contributed by atoms with van der Waals surface area (Å²) in [5, 5.41) is 0. The fraction of sp³-hybridized carbons (Fsp3) is 0.533. The predicted octanol–water partition coefficient (Wildman–Crippen LogP) is 1.53. The van der Waals surface area contributed by atoms with Gasteiger partial charge in [-0.1, -0.05) is 30.3 Å². The van der Waals surface area contributed by atoms with E-state index in [-0.39, 0.29) is 5.78 Å². The lowest BCUT2D eigenvalue weighted by molar-refractivity contribution is -0.118. The van der Waals surface area contributed by atoms with Gasteiger partial charge in [0.2, 0.25) is 0 Å². The Morgan fingerprint density at radius 2 is 1.83 bits per heavy atom. The first kappa shape index (κ1) is 11.9. The van der Waals surface area contributed by atoms with Crippen LogP contribution >= 0.6 is 0 Å². The third-order valence-corrected chi connectivity index (χ3v) is 4.12. The first-order valence-electron chi connectivity index (χ1n) is 6.74. The van der Waals surface area contributed by atoms with E-state index >= 15 is 0 Å². The maximum Gasteiger partial charge on any atom is 0.143 e. The molecule has 2 aliphatic heterocycles. The highest BCUT2D eigenvalue weighted by Crippen LogP contribution is 2.31. The predicted molar refractivity (Wildman–Crippen MR) is 71.3 cm³/mol. The van der Waals surface area contributed by atoms with Gasteiger partial charge in [0.15, 0.2) is 0 Å². The molecular weight excluding hydrogens is 224 g/mol. The highest BCUT2D eigenvalue weighted by Gasteiger charge is 2.42. The summed E-state index contributed by atoms with van der Waals surface area (Å²) < 4.78 is 0. The van der Waals surface area contributed by atoms with Gasteiger partial charge in [0.1, 0.15) is 5.78 Å². The molecule has 2 saturated heterocycles. The molecule has 0 N–H and O–H groups in total. The molecular formula is C15H20N2O. The van der Waals surface area contributed by atoms with Gasteiger partial charge >= 0.3 is 0 Å². The highest BCUT2D eigenvalue weighted by molar-refractivity contribution is 5.77. The molecule has 96 valence electrons. The summed E-state index contributed by atoms with van der Waals surface area (Å²) in [6, 6.07) is 11.9. The van der Waals surface area contributed by atoms with Crippen molar-refractivity contribution in [1.29, 1.82) is 0 Å². The zero-order valence-corrected chi connectivity index (χ0v) is 10.9. The first-order chi connectivity index (χ1) is 8.72. The normalized spacial score (nSPS) is 27.8. The fourth-order valence-corrected chi connectivity index (χ4v) is 3.32. The first-order valence-corrected chi connectivity index (χ1v) is 6.74. The van der Waals surface area contributed by atoms with Crippen molar-refractivity contribution in [1.82, 2.24) is 9.80 Å². The maximum atomic E-state index is 11.2. The summed E-state index contributed by atoms with van der Waals surface area (Å²) in [4.78, 5) is 16.1. The third-order valence-electron chi connectivity index (χ3n) is 4.12. The summed E-state index contributed by atoms with van der Waals surface area (Å²) >= 11 is 0. The van der Waals surface area contributed by atoms with Crippen molar-refractivity contribution >= 4 is 5.78 Å².